The molecule has 3 nitrogen and oxygen atoms in total. The molecule has 0 radical (unpaired) electrons. The maximum Gasteiger partial charge on any atom is 0.261 e. The van der Waals surface area contributed by atoms with Crippen LogP contribution in [0.15, 0.2) is 35.8 Å². The topological polar surface area (TPSA) is 28.8 Å². The number of anilines is 1. The molecule has 0 fully saturated rings. The third-order valence-electron chi connectivity index (χ3n) is 1.70. The van der Waals surface area contributed by atoms with E-state index < -0.39 is 0 Å². The predicted octanol–water partition coefficient (Wildman–Crippen LogP) is 1.46. The molecular weight excluding hydrogens is 182 g/mol. The molecule has 0 saturated heterocycles. The Balaban J connectivity index is 2.36. The molecule has 0 unspecified atom stereocenters. The van der Waals surface area contributed by atoms with Gasteiger partial charge in [-0.15, -0.1) is 0 Å². The second-order valence-electron chi connectivity index (χ2n) is 2.56. The summed E-state index contributed by atoms with van der Waals surface area (Å²) >= 11 is 1.59. The summed E-state index contributed by atoms with van der Waals surface area (Å²) < 4.78 is 1.86. The fourth-order valence-electron chi connectivity index (χ4n) is 1.05. The monoisotopic (exact) mass is 192 g/mol. The zero-order valence-electron chi connectivity index (χ0n) is 7.27. The quantitative estimate of drug-likeness (QED) is 0.730. The van der Waals surface area contributed by atoms with Gasteiger partial charge in [0.15, 0.2) is 0 Å². The highest BCUT2D eigenvalue weighted by atomic mass is 32.1. The molecule has 66 valence electrons. The van der Waals surface area contributed by atoms with E-state index in [1.165, 1.54) is 0 Å². The van der Waals surface area contributed by atoms with Crippen molar-refractivity contribution < 1.29 is 4.68 Å². The zero-order chi connectivity index (χ0) is 9.10. The van der Waals surface area contributed by atoms with E-state index in [4.69, 9.17) is 0 Å². The van der Waals surface area contributed by atoms with Gasteiger partial charge in [-0.25, -0.2) is 0 Å². The average Bonchev–Trinajstić information content (AvgIpc) is 2.67. The Kier molecular flexibility index (Phi) is 2.23. The van der Waals surface area contributed by atoms with Crippen molar-refractivity contribution in [3.63, 3.8) is 0 Å². The number of nitrogens with zero attached hydrogens (tertiary/aromatic N) is 2. The maximum atomic E-state index is 4.32. The third kappa shape index (κ3) is 1.67. The Labute approximate surface area is 80.7 Å². The van der Waals surface area contributed by atoms with E-state index in [0.29, 0.717) is 0 Å². The van der Waals surface area contributed by atoms with Crippen LogP contribution in [0.5, 0.6) is 0 Å². The van der Waals surface area contributed by atoms with Gasteiger partial charge in [0.2, 0.25) is 5.69 Å². The predicted molar refractivity (Wildman–Crippen MR) is 53.2 cm³/mol. The zero-order valence-corrected chi connectivity index (χ0v) is 8.08. The summed E-state index contributed by atoms with van der Waals surface area (Å²) in [7, 11) is 1.87. The van der Waals surface area contributed by atoms with Crippen molar-refractivity contribution in [2.45, 2.75) is 0 Å². The highest BCUT2D eigenvalue weighted by Crippen LogP contribution is 2.07. The number of hydrogen-bond donors (Lipinski definition) is 1. The molecule has 0 saturated carbocycles. The van der Waals surface area contributed by atoms with Gasteiger partial charge < -0.3 is 5.32 Å². The van der Waals surface area contributed by atoms with Crippen LogP contribution in [-0.4, -0.2) is 12.1 Å². The van der Waals surface area contributed by atoms with Crippen LogP contribution in [0.4, 0.5) is 5.13 Å². The molecule has 0 spiro atoms. The summed E-state index contributed by atoms with van der Waals surface area (Å²) in [5, 5.41) is 8.25. The van der Waals surface area contributed by atoms with Crippen molar-refractivity contribution in [1.29, 1.82) is 0 Å². The summed E-state index contributed by atoms with van der Waals surface area (Å²) in [5.41, 5.74) is 3.06. The van der Waals surface area contributed by atoms with Crippen molar-refractivity contribution in [2.75, 3.05) is 12.4 Å². The lowest BCUT2D eigenvalue weighted by atomic mass is 10.3. The number of rotatable bonds is 2. The fraction of sp³-hybridized carbons (Fsp3) is 0.111. The summed E-state index contributed by atoms with van der Waals surface area (Å²) in [4.78, 5) is 0. The molecule has 0 aliphatic carbocycles. The van der Waals surface area contributed by atoms with Crippen LogP contribution in [-0.2, 0) is 0 Å². The van der Waals surface area contributed by atoms with E-state index in [0.717, 1.165) is 10.8 Å². The van der Waals surface area contributed by atoms with Gasteiger partial charge in [0.1, 0.15) is 0 Å². The SMILES string of the molecule is CNc1n[n+](-c2ccccc2)cs1. The first-order valence-electron chi connectivity index (χ1n) is 4.01. The van der Waals surface area contributed by atoms with E-state index in [1.807, 2.05) is 47.6 Å². The molecule has 0 aliphatic rings. The molecule has 1 N–H and O–H groups in total. The van der Waals surface area contributed by atoms with Gasteiger partial charge in [-0.2, -0.15) is 0 Å². The van der Waals surface area contributed by atoms with Crippen LogP contribution in [0.2, 0.25) is 0 Å². The second-order valence-corrected chi connectivity index (χ2v) is 3.39. The average molecular weight is 192 g/mol. The summed E-state index contributed by atoms with van der Waals surface area (Å²) in [6, 6.07) is 10.1. The Hall–Kier alpha value is -1.42. The molecule has 1 aromatic heterocycles. The number of hydrogen-bond acceptors (Lipinski definition) is 3. The van der Waals surface area contributed by atoms with Crippen molar-refractivity contribution in [1.82, 2.24) is 5.10 Å². The minimum absolute atomic E-state index is 0.920. The van der Waals surface area contributed by atoms with Gasteiger partial charge in [-0.05, 0) is 16.0 Å². The number of nitrogens with one attached hydrogen (secondary N) is 1. The molecule has 4 heteroatoms. The summed E-state index contributed by atoms with van der Waals surface area (Å²) in [6.45, 7) is 0. The van der Waals surface area contributed by atoms with E-state index in [2.05, 4.69) is 10.4 Å². The fourth-order valence-corrected chi connectivity index (χ4v) is 1.67. The van der Waals surface area contributed by atoms with Crippen molar-refractivity contribution in [3.8, 4) is 5.69 Å². The van der Waals surface area contributed by atoms with Crippen LogP contribution in [0.1, 0.15) is 0 Å². The normalized spacial score (nSPS) is 9.92. The Morgan fingerprint density at radius 3 is 2.69 bits per heavy atom. The van der Waals surface area contributed by atoms with Gasteiger partial charge in [0, 0.05) is 24.3 Å². The van der Waals surface area contributed by atoms with Crippen LogP contribution in [0.25, 0.3) is 5.69 Å². The number of benzene rings is 1. The molecule has 1 aromatic carbocycles. The van der Waals surface area contributed by atoms with Crippen LogP contribution in [0.3, 0.4) is 0 Å². The summed E-state index contributed by atoms with van der Waals surface area (Å²) in [6.07, 6.45) is 0. The van der Waals surface area contributed by atoms with Gasteiger partial charge in [-0.1, -0.05) is 18.2 Å². The van der Waals surface area contributed by atoms with Crippen molar-refractivity contribution in [2.24, 2.45) is 0 Å². The highest BCUT2D eigenvalue weighted by Gasteiger charge is 2.09. The standard InChI is InChI=1S/C9H10N3S/c1-10-9-11-12(7-13-9)8-5-3-2-4-6-8/h2-7H,1H3,(H,10,11)/q+1. The lowest BCUT2D eigenvalue weighted by Crippen LogP contribution is -2.31. The first-order chi connectivity index (χ1) is 6.40. The Morgan fingerprint density at radius 1 is 1.31 bits per heavy atom. The lowest BCUT2D eigenvalue weighted by molar-refractivity contribution is -0.652. The van der Waals surface area contributed by atoms with Crippen LogP contribution >= 0.6 is 11.3 Å². The molecule has 2 aromatic rings. The summed E-state index contributed by atoms with van der Waals surface area (Å²) in [5.74, 6) is 0. The molecule has 0 atom stereocenters. The molecule has 2 rings (SSSR count). The third-order valence-corrected chi connectivity index (χ3v) is 2.51. The lowest BCUT2D eigenvalue weighted by Gasteiger charge is -1.86. The van der Waals surface area contributed by atoms with Gasteiger partial charge in [0.05, 0.1) is 0 Å². The largest absolute Gasteiger partial charge is 0.360 e. The molecule has 0 bridgehead atoms. The first-order valence-corrected chi connectivity index (χ1v) is 4.89. The molecule has 0 amide bonds. The van der Waals surface area contributed by atoms with E-state index in [9.17, 15) is 0 Å². The Bertz CT molecular complexity index is 383. The maximum absolute atomic E-state index is 4.32. The molecule has 0 aliphatic heterocycles. The van der Waals surface area contributed by atoms with Gasteiger partial charge >= 0.3 is 0 Å². The molecular formula is C9H10N3S+. The smallest absolute Gasteiger partial charge is 0.261 e. The first kappa shape index (κ1) is 8.19. The van der Waals surface area contributed by atoms with E-state index in [-0.39, 0.29) is 0 Å². The molecule has 13 heavy (non-hydrogen) atoms. The highest BCUT2D eigenvalue weighted by molar-refractivity contribution is 7.13. The van der Waals surface area contributed by atoms with Crippen LogP contribution in [0, 0.1) is 0 Å². The molecule has 1 heterocycles. The minimum atomic E-state index is 0.920. The van der Waals surface area contributed by atoms with Crippen molar-refractivity contribution in [3.05, 3.63) is 35.8 Å². The van der Waals surface area contributed by atoms with Gasteiger partial charge in [0.25, 0.3) is 10.6 Å². The van der Waals surface area contributed by atoms with Crippen LogP contribution < -0.4 is 10.00 Å². The van der Waals surface area contributed by atoms with Crippen molar-refractivity contribution >= 4 is 16.5 Å². The van der Waals surface area contributed by atoms with Gasteiger partial charge in [-0.3, -0.25) is 0 Å². The Morgan fingerprint density at radius 2 is 2.08 bits per heavy atom. The second kappa shape index (κ2) is 3.53. The minimum Gasteiger partial charge on any atom is -0.360 e. The van der Waals surface area contributed by atoms with E-state index >= 15 is 0 Å². The van der Waals surface area contributed by atoms with E-state index in [1.54, 1.807) is 11.3 Å². The number of aromatic nitrogens is 2. The number of para-hydroxylation sites is 1.